The first-order chi connectivity index (χ1) is 11.8. The fourth-order valence-corrected chi connectivity index (χ4v) is 7.38. The van der Waals surface area contributed by atoms with Gasteiger partial charge in [-0.1, -0.05) is 10.6 Å². The Kier molecular flexibility index (Phi) is 5.20. The van der Waals surface area contributed by atoms with Crippen LogP contribution < -0.4 is 5.32 Å². The monoisotopic (exact) mass is 491 g/mol. The van der Waals surface area contributed by atoms with Gasteiger partial charge in [-0.05, 0) is 49.7 Å². The van der Waals surface area contributed by atoms with E-state index in [1.807, 2.05) is 4.08 Å². The minimum absolute atomic E-state index is 0.0282. The standard InChI is InChI=1S/C15H11FIN3O3S2/c1-17-6-2-3-11(8-17)25(22,23)20-15-19-14(21)12(24-15)7-10-4-5-13(16)18-9-10/h2-9H,1H2,(H,19,20,21)/b12-7-. The van der Waals surface area contributed by atoms with Gasteiger partial charge in [-0.15, -0.1) is 23.3 Å². The molecule has 0 bridgehead atoms. The normalized spacial score (nSPS) is 21.3. The lowest BCUT2D eigenvalue weighted by atomic mass is 10.2. The van der Waals surface area contributed by atoms with Crippen molar-refractivity contribution in [2.24, 2.45) is 4.40 Å². The molecular formula is C15H11FIN3O3S2. The predicted molar refractivity (Wildman–Crippen MR) is 109 cm³/mol. The molecule has 0 radical (unpaired) electrons. The van der Waals surface area contributed by atoms with Crippen molar-refractivity contribution in [2.45, 2.75) is 0 Å². The van der Waals surface area contributed by atoms with Crippen molar-refractivity contribution in [1.29, 1.82) is 0 Å². The lowest BCUT2D eigenvalue weighted by molar-refractivity contribution is -0.115. The molecule has 0 spiro atoms. The van der Waals surface area contributed by atoms with Gasteiger partial charge < -0.3 is 0 Å². The Bertz CT molecular complexity index is 1050. The molecule has 1 fully saturated rings. The van der Waals surface area contributed by atoms with Crippen molar-refractivity contribution in [3.8, 4) is 0 Å². The number of amidine groups is 1. The summed E-state index contributed by atoms with van der Waals surface area (Å²) in [7, 11) is -3.91. The summed E-state index contributed by atoms with van der Waals surface area (Å²) in [5, 5.41) is 2.38. The van der Waals surface area contributed by atoms with Crippen molar-refractivity contribution in [3.63, 3.8) is 0 Å². The van der Waals surface area contributed by atoms with Crippen LogP contribution in [0.25, 0.3) is 6.08 Å². The minimum Gasteiger partial charge on any atom is -0.300 e. The summed E-state index contributed by atoms with van der Waals surface area (Å²) in [5.74, 6) is -1.10. The van der Waals surface area contributed by atoms with E-state index in [0.29, 0.717) is 5.56 Å². The number of rotatable bonds is 3. The first kappa shape index (κ1) is 18.0. The number of thioether (sulfide) groups is 1. The van der Waals surface area contributed by atoms with Gasteiger partial charge in [0, 0.05) is 6.20 Å². The van der Waals surface area contributed by atoms with Crippen LogP contribution in [-0.2, 0) is 14.8 Å². The van der Waals surface area contributed by atoms with Gasteiger partial charge in [0.15, 0.2) is 5.17 Å². The van der Waals surface area contributed by atoms with Gasteiger partial charge in [0.1, 0.15) is 0 Å². The largest absolute Gasteiger partial charge is 0.300 e. The maximum Gasteiger partial charge on any atom is 0.285 e. The first-order valence-electron chi connectivity index (χ1n) is 6.70. The Labute approximate surface area is 154 Å². The van der Waals surface area contributed by atoms with Crippen LogP contribution in [0.15, 0.2) is 48.8 Å². The maximum atomic E-state index is 12.8. The zero-order chi connectivity index (χ0) is 18.0. The zero-order valence-electron chi connectivity index (χ0n) is 12.5. The fourth-order valence-electron chi connectivity index (χ4n) is 1.83. The molecule has 2 aliphatic rings. The van der Waals surface area contributed by atoms with E-state index >= 15 is 0 Å². The van der Waals surface area contributed by atoms with Crippen LogP contribution in [0.1, 0.15) is 5.56 Å². The third kappa shape index (κ3) is 4.44. The average Bonchev–Trinajstić information content (AvgIpc) is 2.88. The van der Waals surface area contributed by atoms with Crippen LogP contribution in [-0.4, -0.2) is 33.0 Å². The number of carbonyl (C=O) groups is 1. The summed E-state index contributed by atoms with van der Waals surface area (Å²) in [6.45, 7) is 0. The third-order valence-electron chi connectivity index (χ3n) is 2.94. The molecule has 1 aromatic heterocycles. The van der Waals surface area contributed by atoms with Gasteiger partial charge >= 0.3 is 0 Å². The molecule has 25 heavy (non-hydrogen) atoms. The quantitative estimate of drug-likeness (QED) is 0.398. The topological polar surface area (TPSA) is 88.5 Å². The number of nitrogens with zero attached hydrogens (tertiary/aromatic N) is 2. The molecule has 1 aromatic rings. The zero-order valence-corrected chi connectivity index (χ0v) is 16.3. The molecule has 0 aliphatic carbocycles. The second kappa shape index (κ2) is 7.22. The number of pyridine rings is 1. The summed E-state index contributed by atoms with van der Waals surface area (Å²) in [6, 6.07) is 2.63. The summed E-state index contributed by atoms with van der Waals surface area (Å²) < 4.78 is 48.6. The summed E-state index contributed by atoms with van der Waals surface area (Å²) in [5.41, 5.74) is 0.517. The number of hydrogen-bond donors (Lipinski definition) is 1. The highest BCUT2D eigenvalue weighted by atomic mass is 127. The lowest BCUT2D eigenvalue weighted by Gasteiger charge is -2.02. The Balaban J connectivity index is 1.86. The van der Waals surface area contributed by atoms with Gasteiger partial charge in [-0.25, -0.2) is 4.98 Å². The molecule has 10 heteroatoms. The van der Waals surface area contributed by atoms with Crippen LogP contribution in [0.2, 0.25) is 0 Å². The van der Waals surface area contributed by atoms with E-state index in [4.69, 9.17) is 0 Å². The number of aromatic nitrogens is 1. The molecule has 6 nitrogen and oxygen atoms in total. The number of allylic oxidation sites excluding steroid dienone is 3. The smallest absolute Gasteiger partial charge is 0.285 e. The number of nitrogens with one attached hydrogen (secondary N) is 1. The van der Waals surface area contributed by atoms with E-state index in [0.717, 1.165) is 11.8 Å². The van der Waals surface area contributed by atoms with Crippen molar-refractivity contribution < 1.29 is 17.6 Å². The van der Waals surface area contributed by atoms with Gasteiger partial charge in [0.25, 0.3) is 15.9 Å². The summed E-state index contributed by atoms with van der Waals surface area (Å²) in [4.78, 5) is 15.8. The number of halogens is 2. The highest BCUT2D eigenvalue weighted by molar-refractivity contribution is 14.2. The van der Waals surface area contributed by atoms with E-state index in [-0.39, 0.29) is 15.0 Å². The van der Waals surface area contributed by atoms with Gasteiger partial charge in [-0.3, -0.25) is 10.1 Å². The Hall–Kier alpha value is -1.79. The van der Waals surface area contributed by atoms with Crippen molar-refractivity contribution >= 4 is 66.3 Å². The van der Waals surface area contributed by atoms with Crippen LogP contribution in [0.3, 0.4) is 0 Å². The number of hydrogen-bond acceptors (Lipinski definition) is 5. The molecule has 0 unspecified atom stereocenters. The minimum atomic E-state index is -3.91. The van der Waals surface area contributed by atoms with Crippen molar-refractivity contribution in [3.05, 3.63) is 55.9 Å². The maximum absolute atomic E-state index is 12.8. The SMILES string of the molecule is C=I1=CC(S(=O)(=O)N=C2NC(=O)/C(=C/c3ccc(F)nc3)S2)=CC=C1. The van der Waals surface area contributed by atoms with Crippen LogP contribution in [0.4, 0.5) is 4.39 Å². The summed E-state index contributed by atoms with van der Waals surface area (Å²) >= 11 is -0.864. The highest BCUT2D eigenvalue weighted by Crippen LogP contribution is 2.28. The van der Waals surface area contributed by atoms with E-state index < -0.39 is 40.7 Å². The number of sulfonamides is 1. The molecular weight excluding hydrogens is 480 g/mol. The van der Waals surface area contributed by atoms with E-state index in [1.165, 1.54) is 30.5 Å². The second-order valence-electron chi connectivity index (χ2n) is 4.78. The van der Waals surface area contributed by atoms with E-state index in [2.05, 4.69) is 19.2 Å². The average molecular weight is 491 g/mol. The van der Waals surface area contributed by atoms with Crippen molar-refractivity contribution in [1.82, 2.24) is 10.3 Å². The van der Waals surface area contributed by atoms with Crippen LogP contribution in [0.5, 0.6) is 0 Å². The van der Waals surface area contributed by atoms with Crippen LogP contribution in [0, 0.1) is 5.95 Å². The lowest BCUT2D eigenvalue weighted by Crippen LogP contribution is -2.21. The van der Waals surface area contributed by atoms with Crippen molar-refractivity contribution in [2.75, 3.05) is 0 Å². The fraction of sp³-hybridized carbons (Fsp3) is 0. The molecule has 3 rings (SSSR count). The van der Waals surface area contributed by atoms with Gasteiger partial charge in [0.05, 0.1) is 9.81 Å². The molecule has 2 aliphatic heterocycles. The Morgan fingerprint density at radius 3 is 2.88 bits per heavy atom. The first-order valence-corrected chi connectivity index (χ1v) is 13.0. The van der Waals surface area contributed by atoms with Gasteiger partial charge in [-0.2, -0.15) is 12.8 Å². The summed E-state index contributed by atoms with van der Waals surface area (Å²) in [6.07, 6.45) is 5.88. The van der Waals surface area contributed by atoms with E-state index in [9.17, 15) is 17.6 Å². The predicted octanol–water partition coefficient (Wildman–Crippen LogP) is 2.26. The number of carbonyl (C=O) groups excluding carboxylic acids is 1. The van der Waals surface area contributed by atoms with E-state index in [1.54, 1.807) is 10.1 Å². The molecule has 1 amide bonds. The third-order valence-corrected chi connectivity index (χ3v) is 8.47. The molecule has 0 saturated carbocycles. The molecule has 0 aromatic carbocycles. The molecule has 3 heterocycles. The Morgan fingerprint density at radius 2 is 2.20 bits per heavy atom. The Morgan fingerprint density at radius 1 is 1.40 bits per heavy atom. The van der Waals surface area contributed by atoms with Gasteiger partial charge in [0.2, 0.25) is 5.95 Å². The number of amides is 1. The molecule has 0 atom stereocenters. The molecule has 130 valence electrons. The van der Waals surface area contributed by atoms with Crippen LogP contribution >= 0.6 is 30.6 Å². The molecule has 1 N–H and O–H groups in total. The second-order valence-corrected chi connectivity index (χ2v) is 11.2. The molecule has 1 saturated heterocycles. The highest BCUT2D eigenvalue weighted by Gasteiger charge is 2.27.